The van der Waals surface area contributed by atoms with Crippen LogP contribution in [0.4, 0.5) is 13.2 Å². The van der Waals surface area contributed by atoms with Gasteiger partial charge in [0.25, 0.3) is 0 Å². The van der Waals surface area contributed by atoms with E-state index in [-0.39, 0.29) is 11.7 Å². The fraction of sp³-hybridized carbons (Fsp3) is 0.429. The molecule has 3 rings (SSSR count). The molecule has 0 radical (unpaired) electrons. The summed E-state index contributed by atoms with van der Waals surface area (Å²) in [5.74, 6) is -1.75. The summed E-state index contributed by atoms with van der Waals surface area (Å²) in [4.78, 5) is 0. The molecule has 128 valence electrons. The first-order valence-electron chi connectivity index (χ1n) is 8.83. The molecule has 2 aromatic rings. The number of unbranched alkanes of at least 4 members (excludes halogenated alkanes) is 2. The van der Waals surface area contributed by atoms with Crippen LogP contribution in [0.1, 0.15) is 60.8 Å². The number of aryl methyl sites for hydroxylation is 2. The van der Waals surface area contributed by atoms with E-state index in [9.17, 15) is 13.2 Å². The number of hydrogen-bond acceptors (Lipinski definition) is 0. The monoisotopic (exact) mass is 332 g/mol. The van der Waals surface area contributed by atoms with Crippen molar-refractivity contribution in [2.45, 2.75) is 57.8 Å². The maximum atomic E-state index is 14.5. The van der Waals surface area contributed by atoms with Crippen molar-refractivity contribution in [3.8, 4) is 0 Å². The quantitative estimate of drug-likeness (QED) is 0.580. The summed E-state index contributed by atoms with van der Waals surface area (Å²) in [5, 5.41) is 0. The molecule has 1 aliphatic rings. The van der Waals surface area contributed by atoms with Crippen LogP contribution in [-0.2, 0) is 19.3 Å². The molecule has 1 aliphatic carbocycles. The second-order valence-corrected chi connectivity index (χ2v) is 6.79. The lowest BCUT2D eigenvalue weighted by Gasteiger charge is -2.25. The Labute approximate surface area is 141 Å². The van der Waals surface area contributed by atoms with Gasteiger partial charge in [-0.2, -0.15) is 0 Å². The van der Waals surface area contributed by atoms with Gasteiger partial charge in [-0.25, -0.2) is 13.2 Å². The highest BCUT2D eigenvalue weighted by Gasteiger charge is 2.24. The van der Waals surface area contributed by atoms with Gasteiger partial charge in [0.05, 0.1) is 0 Å². The van der Waals surface area contributed by atoms with E-state index >= 15 is 0 Å². The van der Waals surface area contributed by atoms with Crippen LogP contribution >= 0.6 is 0 Å². The fourth-order valence-electron chi connectivity index (χ4n) is 3.65. The van der Waals surface area contributed by atoms with E-state index in [2.05, 4.69) is 6.92 Å². The molecule has 0 bridgehead atoms. The average molecular weight is 332 g/mol. The smallest absolute Gasteiger partial charge is 0.159 e. The number of fused-ring (bicyclic) bond motifs is 1. The maximum Gasteiger partial charge on any atom is 0.159 e. The Morgan fingerprint density at radius 1 is 0.917 bits per heavy atom. The van der Waals surface area contributed by atoms with Crippen LogP contribution < -0.4 is 0 Å². The van der Waals surface area contributed by atoms with Crippen LogP contribution in [0.3, 0.4) is 0 Å². The van der Waals surface area contributed by atoms with Gasteiger partial charge in [0.2, 0.25) is 0 Å². The van der Waals surface area contributed by atoms with Gasteiger partial charge in [-0.3, -0.25) is 0 Å². The highest BCUT2D eigenvalue weighted by atomic mass is 19.2. The first-order valence-corrected chi connectivity index (χ1v) is 8.83. The topological polar surface area (TPSA) is 0 Å². The molecule has 0 fully saturated rings. The highest BCUT2D eigenvalue weighted by Crippen LogP contribution is 2.35. The number of benzene rings is 2. The zero-order chi connectivity index (χ0) is 17.1. The van der Waals surface area contributed by atoms with Crippen molar-refractivity contribution in [3.05, 3.63) is 70.0 Å². The molecule has 1 unspecified atom stereocenters. The van der Waals surface area contributed by atoms with Crippen LogP contribution in [0.2, 0.25) is 0 Å². The third-order valence-corrected chi connectivity index (χ3v) is 5.04. The second kappa shape index (κ2) is 7.42. The minimum atomic E-state index is -0.818. The van der Waals surface area contributed by atoms with Crippen LogP contribution in [0.15, 0.2) is 30.3 Å². The zero-order valence-electron chi connectivity index (χ0n) is 14.0. The number of rotatable bonds is 5. The van der Waals surface area contributed by atoms with Gasteiger partial charge >= 0.3 is 0 Å². The molecule has 0 nitrogen and oxygen atoms in total. The third kappa shape index (κ3) is 3.66. The molecule has 0 aliphatic heterocycles. The van der Waals surface area contributed by atoms with Crippen molar-refractivity contribution >= 4 is 0 Å². The minimum Gasteiger partial charge on any atom is -0.207 e. The van der Waals surface area contributed by atoms with Crippen molar-refractivity contribution < 1.29 is 13.2 Å². The molecule has 0 N–H and O–H groups in total. The summed E-state index contributed by atoms with van der Waals surface area (Å²) in [5.41, 5.74) is 3.39. The molecule has 0 spiro atoms. The third-order valence-electron chi connectivity index (χ3n) is 5.04. The summed E-state index contributed by atoms with van der Waals surface area (Å²) < 4.78 is 41.3. The standard InChI is InChI=1S/C21H23F3/c1-2-3-4-5-14-6-9-18(19(22)10-14)16-8-7-15-12-20(23)21(24)13-17(15)11-16/h6,9-10,12-13,16H,2-5,7-8,11H2,1H3. The van der Waals surface area contributed by atoms with Crippen molar-refractivity contribution in [2.75, 3.05) is 0 Å². The van der Waals surface area contributed by atoms with Gasteiger partial charge in [-0.05, 0) is 78.5 Å². The van der Waals surface area contributed by atoms with Crippen LogP contribution in [0.25, 0.3) is 0 Å². The van der Waals surface area contributed by atoms with Gasteiger partial charge in [0, 0.05) is 0 Å². The van der Waals surface area contributed by atoms with E-state index in [1.165, 1.54) is 12.1 Å². The molecule has 2 aromatic carbocycles. The van der Waals surface area contributed by atoms with Crippen LogP contribution in [0.5, 0.6) is 0 Å². The van der Waals surface area contributed by atoms with E-state index in [1.54, 1.807) is 6.07 Å². The normalized spacial score (nSPS) is 16.9. The lowest BCUT2D eigenvalue weighted by atomic mass is 9.79. The Hall–Kier alpha value is -1.77. The highest BCUT2D eigenvalue weighted by molar-refractivity contribution is 5.36. The summed E-state index contributed by atoms with van der Waals surface area (Å²) >= 11 is 0. The van der Waals surface area contributed by atoms with E-state index in [1.807, 2.05) is 12.1 Å². The molecule has 0 saturated heterocycles. The maximum absolute atomic E-state index is 14.5. The van der Waals surface area contributed by atoms with Gasteiger partial charge in [0.1, 0.15) is 5.82 Å². The largest absolute Gasteiger partial charge is 0.207 e. The first kappa shape index (κ1) is 17.1. The van der Waals surface area contributed by atoms with E-state index in [0.717, 1.165) is 48.8 Å². The van der Waals surface area contributed by atoms with Gasteiger partial charge < -0.3 is 0 Å². The number of halogens is 3. The Kier molecular flexibility index (Phi) is 5.27. The molecular weight excluding hydrogens is 309 g/mol. The summed E-state index contributed by atoms with van der Waals surface area (Å²) in [6.07, 6.45) is 6.29. The summed E-state index contributed by atoms with van der Waals surface area (Å²) in [7, 11) is 0. The first-order chi connectivity index (χ1) is 11.6. The SMILES string of the molecule is CCCCCc1ccc(C2CCc3cc(F)c(F)cc3C2)c(F)c1. The predicted molar refractivity (Wildman–Crippen MR) is 90.8 cm³/mol. The lowest BCUT2D eigenvalue weighted by molar-refractivity contribution is 0.492. The van der Waals surface area contributed by atoms with Gasteiger partial charge in [-0.15, -0.1) is 0 Å². The average Bonchev–Trinajstić information content (AvgIpc) is 2.56. The van der Waals surface area contributed by atoms with Crippen molar-refractivity contribution in [3.63, 3.8) is 0 Å². The molecule has 3 heteroatoms. The molecule has 0 heterocycles. The zero-order valence-corrected chi connectivity index (χ0v) is 14.0. The Bertz CT molecular complexity index is 721. The van der Waals surface area contributed by atoms with E-state index in [0.29, 0.717) is 18.4 Å². The molecule has 0 amide bonds. The minimum absolute atomic E-state index is 0.0343. The molecular formula is C21H23F3. The Morgan fingerprint density at radius 3 is 2.38 bits per heavy atom. The molecule has 0 aromatic heterocycles. The van der Waals surface area contributed by atoms with Crippen LogP contribution in [-0.4, -0.2) is 0 Å². The van der Waals surface area contributed by atoms with Crippen molar-refractivity contribution in [1.29, 1.82) is 0 Å². The van der Waals surface area contributed by atoms with E-state index in [4.69, 9.17) is 0 Å². The molecule has 0 saturated carbocycles. The van der Waals surface area contributed by atoms with Crippen molar-refractivity contribution in [2.24, 2.45) is 0 Å². The van der Waals surface area contributed by atoms with Crippen LogP contribution in [0, 0.1) is 17.5 Å². The lowest BCUT2D eigenvalue weighted by Crippen LogP contribution is -2.15. The Balaban J connectivity index is 1.76. The fourth-order valence-corrected chi connectivity index (χ4v) is 3.65. The summed E-state index contributed by atoms with van der Waals surface area (Å²) in [6, 6.07) is 8.09. The number of hydrogen-bond donors (Lipinski definition) is 0. The predicted octanol–water partition coefficient (Wildman–Crippen LogP) is 6.11. The summed E-state index contributed by atoms with van der Waals surface area (Å²) in [6.45, 7) is 2.15. The van der Waals surface area contributed by atoms with Gasteiger partial charge in [-0.1, -0.05) is 31.9 Å². The van der Waals surface area contributed by atoms with E-state index < -0.39 is 11.6 Å². The van der Waals surface area contributed by atoms with Gasteiger partial charge in [0.15, 0.2) is 11.6 Å². The second-order valence-electron chi connectivity index (χ2n) is 6.79. The van der Waals surface area contributed by atoms with Crippen molar-refractivity contribution in [1.82, 2.24) is 0 Å². The molecule has 1 atom stereocenters. The molecule has 24 heavy (non-hydrogen) atoms. The Morgan fingerprint density at radius 2 is 1.67 bits per heavy atom.